The number of hydrogen-bond acceptors (Lipinski definition) is 5. The Balaban J connectivity index is 1.68. The maximum absolute atomic E-state index is 8.36. The molecule has 1 saturated carbocycles. The van der Waals surface area contributed by atoms with Crippen molar-refractivity contribution in [2.45, 2.75) is 56.9 Å². The smallest absolute Gasteiger partial charge is 0.138 e. The molecule has 0 aliphatic heterocycles. The van der Waals surface area contributed by atoms with E-state index in [1.54, 1.807) is 0 Å². The van der Waals surface area contributed by atoms with Gasteiger partial charge in [0.05, 0.1) is 5.39 Å². The Kier molecular flexibility index (Phi) is 2.77. The first-order chi connectivity index (χ1) is 12.2. The molecule has 1 N–H and O–H groups in total. The molecular weight excluding hydrogens is 292 g/mol. The highest BCUT2D eigenvalue weighted by atomic mass is 32.1. The van der Waals surface area contributed by atoms with Gasteiger partial charge in [0.15, 0.2) is 0 Å². The summed E-state index contributed by atoms with van der Waals surface area (Å²) in [6.07, 6.45) is 2.37. The fourth-order valence-corrected chi connectivity index (χ4v) is 4.49. The van der Waals surface area contributed by atoms with Gasteiger partial charge in [-0.25, -0.2) is 9.97 Å². The van der Waals surface area contributed by atoms with Gasteiger partial charge in [-0.05, 0) is 64.5 Å². The number of rotatable bonds is 3. The van der Waals surface area contributed by atoms with E-state index in [1.807, 2.05) is 0 Å². The van der Waals surface area contributed by atoms with Crippen molar-refractivity contribution in [3.63, 3.8) is 0 Å². The molecule has 0 radical (unpaired) electrons. The van der Waals surface area contributed by atoms with Crippen molar-refractivity contribution in [2.75, 3.05) is 19.4 Å². The minimum Gasteiger partial charge on any atom is -0.367 e. The Bertz CT molecular complexity index is 828. The van der Waals surface area contributed by atoms with Crippen LogP contribution in [0.15, 0.2) is 6.33 Å². The van der Waals surface area contributed by atoms with E-state index in [1.165, 1.54) is 17.7 Å². The third-order valence-electron chi connectivity index (χ3n) is 4.77. The van der Waals surface area contributed by atoms with Crippen LogP contribution in [-0.2, 0) is 12.7 Å². The summed E-state index contributed by atoms with van der Waals surface area (Å²) in [5.74, 6) is 0.655. The minimum absolute atomic E-state index is 0.139. The molecule has 0 spiro atoms. The lowest BCUT2D eigenvalue weighted by molar-refractivity contribution is 0.221. The molecule has 0 atom stereocenters. The van der Waals surface area contributed by atoms with Gasteiger partial charge in [-0.1, -0.05) is 0 Å². The predicted molar refractivity (Wildman–Crippen MR) is 92.8 cm³/mol. The fourth-order valence-electron chi connectivity index (χ4n) is 3.48. The number of nitrogens with zero attached hydrogens (tertiary/aromatic N) is 3. The highest BCUT2D eigenvalue weighted by Crippen LogP contribution is 2.39. The number of aryl methyl sites for hydroxylation is 2. The van der Waals surface area contributed by atoms with E-state index >= 15 is 0 Å². The van der Waals surface area contributed by atoms with E-state index in [-0.39, 0.29) is 6.42 Å². The summed E-state index contributed by atoms with van der Waals surface area (Å²) in [4.78, 5) is 12.1. The first kappa shape index (κ1) is 10.6. The SMILES string of the molecule is [2H]C1([2H])CC([2H])([2H])c2c1sc1ncnc(NC3CCC(N(C)C)CC3)c21. The molecule has 0 saturated heterocycles. The lowest BCUT2D eigenvalue weighted by Gasteiger charge is -2.33. The van der Waals surface area contributed by atoms with Crippen molar-refractivity contribution in [3.8, 4) is 0 Å². The second-order valence-corrected chi connectivity index (χ2v) is 7.35. The van der Waals surface area contributed by atoms with E-state index in [0.29, 0.717) is 38.6 Å². The van der Waals surface area contributed by atoms with Crippen LogP contribution in [0, 0.1) is 0 Å². The third-order valence-corrected chi connectivity index (χ3v) is 5.83. The number of hydrogen-bond donors (Lipinski definition) is 1. The lowest BCUT2D eigenvalue weighted by Crippen LogP contribution is -2.36. The van der Waals surface area contributed by atoms with Crippen molar-refractivity contribution in [1.82, 2.24) is 14.9 Å². The molecule has 118 valence electrons. The van der Waals surface area contributed by atoms with E-state index in [2.05, 4.69) is 34.3 Å². The monoisotopic (exact) mass is 320 g/mol. The Morgan fingerprint density at radius 3 is 2.82 bits per heavy atom. The predicted octanol–water partition coefficient (Wildman–Crippen LogP) is 3.46. The molecule has 4 nitrogen and oxygen atoms in total. The Labute approximate surface area is 141 Å². The molecule has 2 heterocycles. The van der Waals surface area contributed by atoms with E-state index < -0.39 is 12.7 Å². The quantitative estimate of drug-likeness (QED) is 0.940. The fraction of sp³-hybridized carbons (Fsp3) is 0.647. The molecule has 0 amide bonds. The number of nitrogens with one attached hydrogen (secondary N) is 1. The van der Waals surface area contributed by atoms with Crippen LogP contribution < -0.4 is 5.32 Å². The summed E-state index contributed by atoms with van der Waals surface area (Å²) in [6, 6.07) is 0.925. The number of fused-ring (bicyclic) bond motifs is 3. The second kappa shape index (κ2) is 5.78. The van der Waals surface area contributed by atoms with Crippen LogP contribution in [-0.4, -0.2) is 41.0 Å². The average Bonchev–Trinajstić information content (AvgIpc) is 3.04. The van der Waals surface area contributed by atoms with Gasteiger partial charge in [-0.3, -0.25) is 0 Å². The molecule has 5 heteroatoms. The average molecular weight is 320 g/mol. The Morgan fingerprint density at radius 2 is 2.05 bits per heavy atom. The molecule has 1 fully saturated rings. The third kappa shape index (κ3) is 2.50. The van der Waals surface area contributed by atoms with Gasteiger partial charge in [-0.15, -0.1) is 11.3 Å². The maximum atomic E-state index is 8.36. The van der Waals surface area contributed by atoms with Crippen molar-refractivity contribution >= 4 is 27.4 Å². The van der Waals surface area contributed by atoms with Gasteiger partial charge < -0.3 is 10.2 Å². The molecule has 2 aromatic heterocycles. The molecule has 0 aromatic carbocycles. The van der Waals surface area contributed by atoms with Gasteiger partial charge in [0.25, 0.3) is 0 Å². The van der Waals surface area contributed by atoms with Crippen LogP contribution in [0.2, 0.25) is 0 Å². The lowest BCUT2D eigenvalue weighted by atomic mass is 9.90. The largest absolute Gasteiger partial charge is 0.367 e. The number of anilines is 1. The highest BCUT2D eigenvalue weighted by Gasteiger charge is 2.25. The van der Waals surface area contributed by atoms with Crippen molar-refractivity contribution in [3.05, 3.63) is 16.8 Å². The van der Waals surface area contributed by atoms with Crippen LogP contribution in [0.3, 0.4) is 0 Å². The van der Waals surface area contributed by atoms with Crippen LogP contribution in [0.25, 0.3) is 10.2 Å². The van der Waals surface area contributed by atoms with Crippen LogP contribution >= 0.6 is 11.3 Å². The normalized spacial score (nSPS) is 32.1. The second-order valence-electron chi connectivity index (χ2n) is 6.35. The summed E-state index contributed by atoms with van der Waals surface area (Å²) >= 11 is 1.26. The van der Waals surface area contributed by atoms with Crippen molar-refractivity contribution in [2.24, 2.45) is 0 Å². The minimum atomic E-state index is -1.69. The van der Waals surface area contributed by atoms with Gasteiger partial charge in [0.1, 0.15) is 17.0 Å². The van der Waals surface area contributed by atoms with Gasteiger partial charge >= 0.3 is 0 Å². The molecule has 2 aliphatic carbocycles. The van der Waals surface area contributed by atoms with E-state index in [4.69, 9.17) is 5.48 Å². The maximum Gasteiger partial charge on any atom is 0.138 e. The summed E-state index contributed by atoms with van der Waals surface area (Å²) in [5, 5.41) is 4.19. The number of aromatic nitrogens is 2. The van der Waals surface area contributed by atoms with E-state index in [0.717, 1.165) is 25.7 Å². The van der Waals surface area contributed by atoms with E-state index in [9.17, 15) is 0 Å². The van der Waals surface area contributed by atoms with Crippen LogP contribution in [0.5, 0.6) is 0 Å². The van der Waals surface area contributed by atoms with Gasteiger partial charge in [-0.2, -0.15) is 0 Å². The molecule has 4 rings (SSSR count). The Hall–Kier alpha value is -1.20. The molecule has 2 aliphatic rings. The van der Waals surface area contributed by atoms with Crippen molar-refractivity contribution in [1.29, 1.82) is 0 Å². The van der Waals surface area contributed by atoms with Crippen LogP contribution in [0.4, 0.5) is 5.82 Å². The Morgan fingerprint density at radius 1 is 1.23 bits per heavy atom. The van der Waals surface area contributed by atoms with Crippen LogP contribution in [0.1, 0.15) is 48.0 Å². The number of thiophene rings is 1. The zero-order valence-corrected chi connectivity index (χ0v) is 13.8. The zero-order valence-electron chi connectivity index (χ0n) is 17.0. The van der Waals surface area contributed by atoms with Gasteiger partial charge in [0.2, 0.25) is 0 Å². The summed E-state index contributed by atoms with van der Waals surface area (Å²) in [7, 11) is 4.24. The molecule has 0 unspecified atom stereocenters. The molecule has 22 heavy (non-hydrogen) atoms. The topological polar surface area (TPSA) is 41.1 Å². The first-order valence-corrected chi connectivity index (χ1v) is 8.72. The standard InChI is InChI=1S/C17H24N4S/c1-21(2)12-8-6-11(7-9-12)20-16-15-13-4-3-5-14(13)22-17(15)19-10-18-16/h10-12H,3-9H2,1-2H3,(H,18,19,20)/i4D2,5D2. The summed E-state index contributed by atoms with van der Waals surface area (Å²) in [5.41, 5.74) is 0.451. The van der Waals surface area contributed by atoms with Crippen molar-refractivity contribution < 1.29 is 5.48 Å². The first-order valence-electron chi connectivity index (χ1n) is 9.90. The zero-order chi connectivity index (χ0) is 18.7. The van der Waals surface area contributed by atoms with Gasteiger partial charge in [0, 0.05) is 22.4 Å². The highest BCUT2D eigenvalue weighted by molar-refractivity contribution is 7.19. The summed E-state index contributed by atoms with van der Waals surface area (Å²) < 4.78 is 33.1. The molecule has 0 bridgehead atoms. The molecular formula is C17H24N4S. The molecule has 2 aromatic rings. The summed E-state index contributed by atoms with van der Waals surface area (Å²) in [6.45, 7) is 0.